The molecule has 4 amide bonds. The Balaban J connectivity index is 1.77. The number of hydrogen-bond donors (Lipinski definition) is 4. The molecule has 2 aromatic rings. The van der Waals surface area contributed by atoms with E-state index in [4.69, 9.17) is 4.74 Å². The van der Waals surface area contributed by atoms with E-state index in [1.807, 2.05) is 64.1 Å². The number of epoxide rings is 1. The fourth-order valence-electron chi connectivity index (χ4n) is 4.48. The number of Topliss-reactive ketones (excluding diaryl/α,β-unsaturated/α-hetero) is 1. The Morgan fingerprint density at radius 3 is 1.80 bits per heavy atom. The van der Waals surface area contributed by atoms with Crippen LogP contribution in [0.4, 0.5) is 10.5 Å². The van der Waals surface area contributed by atoms with E-state index in [2.05, 4.69) is 21.3 Å². The van der Waals surface area contributed by atoms with Crippen molar-refractivity contribution in [1.29, 1.82) is 0 Å². The normalized spacial score (nSPS) is 18.4. The van der Waals surface area contributed by atoms with Crippen LogP contribution in [0.5, 0.6) is 0 Å². The maximum Gasteiger partial charge on any atom is 0.319 e. The van der Waals surface area contributed by atoms with Gasteiger partial charge in [-0.1, -0.05) is 76.2 Å². The first-order valence-corrected chi connectivity index (χ1v) is 13.9. The van der Waals surface area contributed by atoms with Crippen LogP contribution >= 0.6 is 0 Å². The van der Waals surface area contributed by atoms with Crippen molar-refractivity contribution in [3.63, 3.8) is 0 Å². The van der Waals surface area contributed by atoms with Crippen LogP contribution in [0.1, 0.15) is 53.0 Å². The first-order chi connectivity index (χ1) is 19.0. The summed E-state index contributed by atoms with van der Waals surface area (Å²) in [5.41, 5.74) is 0.560. The lowest BCUT2D eigenvalue weighted by atomic mass is 9.93. The van der Waals surface area contributed by atoms with Gasteiger partial charge in [0.05, 0.1) is 12.6 Å². The summed E-state index contributed by atoms with van der Waals surface area (Å²) in [4.78, 5) is 53.0. The minimum atomic E-state index is -0.959. The summed E-state index contributed by atoms with van der Waals surface area (Å²) in [6.07, 6.45) is 1.05. The summed E-state index contributed by atoms with van der Waals surface area (Å²) in [5, 5.41) is 11.2. The summed E-state index contributed by atoms with van der Waals surface area (Å²) in [6, 6.07) is 15.2. The molecule has 2 aromatic carbocycles. The van der Waals surface area contributed by atoms with Crippen LogP contribution in [0.3, 0.4) is 0 Å². The van der Waals surface area contributed by atoms with Crippen LogP contribution in [-0.4, -0.2) is 54.0 Å². The summed E-state index contributed by atoms with van der Waals surface area (Å²) >= 11 is 0. The number of carbonyl (C=O) groups is 4. The Labute approximate surface area is 236 Å². The number of rotatable bonds is 14. The minimum absolute atomic E-state index is 0.0986. The molecule has 1 fully saturated rings. The van der Waals surface area contributed by atoms with Gasteiger partial charge in [0.15, 0.2) is 5.78 Å². The zero-order chi connectivity index (χ0) is 29.3. The Morgan fingerprint density at radius 2 is 1.25 bits per heavy atom. The van der Waals surface area contributed by atoms with Crippen LogP contribution < -0.4 is 21.3 Å². The molecule has 1 unspecified atom stereocenters. The number of ketones is 1. The maximum absolute atomic E-state index is 13.6. The summed E-state index contributed by atoms with van der Waals surface area (Å²) in [6.45, 7) is 9.92. The average Bonchev–Trinajstić information content (AvgIpc) is 3.66. The van der Waals surface area contributed by atoms with Crippen LogP contribution in [0.15, 0.2) is 60.7 Å². The summed E-state index contributed by atoms with van der Waals surface area (Å²) in [5.74, 6) is -0.853. The first kappa shape index (κ1) is 30.8. The fourth-order valence-corrected chi connectivity index (χ4v) is 4.48. The number of benzene rings is 2. The van der Waals surface area contributed by atoms with E-state index in [0.717, 1.165) is 5.56 Å². The molecule has 0 bridgehead atoms. The molecule has 0 aromatic heterocycles. The van der Waals surface area contributed by atoms with Gasteiger partial charge in [0.2, 0.25) is 11.8 Å². The monoisotopic (exact) mass is 550 g/mol. The van der Waals surface area contributed by atoms with Gasteiger partial charge in [0, 0.05) is 12.1 Å². The lowest BCUT2D eigenvalue weighted by Gasteiger charge is -2.27. The molecule has 0 aliphatic carbocycles. The highest BCUT2D eigenvalue weighted by atomic mass is 16.6. The lowest BCUT2D eigenvalue weighted by molar-refractivity contribution is -0.133. The summed E-state index contributed by atoms with van der Waals surface area (Å²) < 4.78 is 5.35. The van der Waals surface area contributed by atoms with Gasteiger partial charge in [-0.2, -0.15) is 0 Å². The Bertz CT molecular complexity index is 1150. The molecule has 3 rings (SSSR count). The third kappa shape index (κ3) is 9.48. The molecule has 1 heterocycles. The molecule has 4 atom stereocenters. The molecule has 0 saturated carbocycles. The first-order valence-electron chi connectivity index (χ1n) is 13.9. The minimum Gasteiger partial charge on any atom is -0.361 e. The molecule has 9 nitrogen and oxygen atoms in total. The average molecular weight is 551 g/mol. The molecule has 40 heavy (non-hydrogen) atoms. The van der Waals surface area contributed by atoms with Crippen molar-refractivity contribution < 1.29 is 23.9 Å². The fraction of sp³-hybridized carbons (Fsp3) is 0.484. The highest BCUT2D eigenvalue weighted by Crippen LogP contribution is 2.29. The van der Waals surface area contributed by atoms with Crippen molar-refractivity contribution in [2.75, 3.05) is 11.9 Å². The van der Waals surface area contributed by atoms with Gasteiger partial charge in [0.25, 0.3) is 0 Å². The van der Waals surface area contributed by atoms with Crippen molar-refractivity contribution >= 4 is 29.3 Å². The van der Waals surface area contributed by atoms with E-state index in [1.165, 1.54) is 0 Å². The Kier molecular flexibility index (Phi) is 10.8. The quantitative estimate of drug-likeness (QED) is 0.266. The molecular formula is C31H42N4O5. The largest absolute Gasteiger partial charge is 0.361 e. The lowest BCUT2D eigenvalue weighted by Crippen LogP contribution is -2.57. The SMILES string of the molecule is CC(C)C[C@H](NC(=O)[C@H](Cc1ccccc1)NC(=O)[C@@H](CC(C)C)NC(=O)Nc1ccccc1)C(=O)C1(C)CO1. The van der Waals surface area contributed by atoms with Gasteiger partial charge in [-0.05, 0) is 49.3 Å². The molecule has 0 spiro atoms. The number of para-hydroxylation sites is 1. The topological polar surface area (TPSA) is 129 Å². The number of ether oxygens (including phenoxy) is 1. The number of urea groups is 1. The second-order valence-corrected chi connectivity index (χ2v) is 11.5. The number of hydrogen-bond acceptors (Lipinski definition) is 5. The van der Waals surface area contributed by atoms with Gasteiger partial charge in [0.1, 0.15) is 17.7 Å². The molecule has 4 N–H and O–H groups in total. The number of nitrogens with one attached hydrogen (secondary N) is 4. The Morgan fingerprint density at radius 1 is 0.750 bits per heavy atom. The molecule has 0 radical (unpaired) electrons. The third-order valence-electron chi connectivity index (χ3n) is 6.71. The maximum atomic E-state index is 13.6. The third-order valence-corrected chi connectivity index (χ3v) is 6.71. The van der Waals surface area contributed by atoms with Crippen molar-refractivity contribution in [1.82, 2.24) is 16.0 Å². The second kappa shape index (κ2) is 14.1. The van der Waals surface area contributed by atoms with Gasteiger partial charge in [-0.15, -0.1) is 0 Å². The van der Waals surface area contributed by atoms with Crippen LogP contribution in [-0.2, 0) is 25.5 Å². The van der Waals surface area contributed by atoms with Crippen molar-refractivity contribution in [2.24, 2.45) is 11.8 Å². The van der Waals surface area contributed by atoms with Gasteiger partial charge >= 0.3 is 6.03 Å². The summed E-state index contributed by atoms with van der Waals surface area (Å²) in [7, 11) is 0. The van der Waals surface area contributed by atoms with Crippen molar-refractivity contribution in [3.05, 3.63) is 66.2 Å². The van der Waals surface area contributed by atoms with E-state index in [-0.39, 0.29) is 24.0 Å². The van der Waals surface area contributed by atoms with E-state index in [9.17, 15) is 19.2 Å². The molecule has 1 saturated heterocycles. The zero-order valence-electron chi connectivity index (χ0n) is 24.0. The van der Waals surface area contributed by atoms with Crippen LogP contribution in [0, 0.1) is 11.8 Å². The van der Waals surface area contributed by atoms with Crippen LogP contribution in [0.2, 0.25) is 0 Å². The van der Waals surface area contributed by atoms with E-state index >= 15 is 0 Å². The van der Waals surface area contributed by atoms with Crippen molar-refractivity contribution in [2.45, 2.75) is 77.6 Å². The highest BCUT2D eigenvalue weighted by Gasteiger charge is 2.50. The van der Waals surface area contributed by atoms with Gasteiger partial charge < -0.3 is 26.0 Å². The van der Waals surface area contributed by atoms with E-state index in [0.29, 0.717) is 25.1 Å². The van der Waals surface area contributed by atoms with Gasteiger partial charge in [-0.3, -0.25) is 14.4 Å². The molecular weight excluding hydrogens is 508 g/mol. The predicted octanol–water partition coefficient (Wildman–Crippen LogP) is 3.84. The molecule has 1 aliphatic rings. The van der Waals surface area contributed by atoms with E-state index < -0.39 is 41.6 Å². The molecule has 1 aliphatic heterocycles. The number of amides is 4. The molecule has 9 heteroatoms. The zero-order valence-corrected chi connectivity index (χ0v) is 24.0. The van der Waals surface area contributed by atoms with Crippen molar-refractivity contribution in [3.8, 4) is 0 Å². The standard InChI is InChI=1S/C31H42N4O5/c1-20(2)16-24(27(36)31(5)19-40-31)33-29(38)26(18-22-12-8-6-9-13-22)34-28(37)25(17-21(3)4)35-30(39)32-23-14-10-7-11-15-23/h6-15,20-21,24-26H,16-19H2,1-5H3,(H,33,38)(H,34,37)(H2,32,35,39)/t24-,25+,26-,31?/m0/s1. The number of carbonyl (C=O) groups excluding carboxylic acids is 4. The van der Waals surface area contributed by atoms with Gasteiger partial charge in [-0.25, -0.2) is 4.79 Å². The second-order valence-electron chi connectivity index (χ2n) is 11.5. The van der Waals surface area contributed by atoms with E-state index in [1.54, 1.807) is 31.2 Å². The highest BCUT2D eigenvalue weighted by molar-refractivity contribution is 5.99. The smallest absolute Gasteiger partial charge is 0.319 e. The Hall–Kier alpha value is -3.72. The number of anilines is 1. The molecule has 216 valence electrons. The predicted molar refractivity (Wildman–Crippen MR) is 155 cm³/mol. The van der Waals surface area contributed by atoms with Crippen LogP contribution in [0.25, 0.3) is 0 Å².